The maximum Gasteiger partial charge on any atom is 0.190 e. The van der Waals surface area contributed by atoms with E-state index in [0.717, 1.165) is 24.1 Å². The lowest BCUT2D eigenvalue weighted by Gasteiger charge is -2.11. The van der Waals surface area contributed by atoms with E-state index in [1.165, 1.54) is 17.7 Å². The molecule has 146 valence electrons. The molecule has 0 aliphatic rings. The molecular weight excluding hydrogens is 368 g/mol. The number of alkyl halides is 1. The summed E-state index contributed by atoms with van der Waals surface area (Å²) in [6.07, 6.45) is 0.953. The smallest absolute Gasteiger partial charge is 0.190 e. The third kappa shape index (κ3) is 4.35. The molecule has 0 unspecified atom stereocenters. The lowest BCUT2D eigenvalue weighted by molar-refractivity contribution is 0.265. The van der Waals surface area contributed by atoms with Crippen LogP contribution in [0.2, 0.25) is 0 Å². The zero-order valence-electron chi connectivity index (χ0n) is 15.4. The van der Waals surface area contributed by atoms with Crippen LogP contribution in [0.25, 0.3) is 22.3 Å². The van der Waals surface area contributed by atoms with Crippen molar-refractivity contribution in [1.29, 1.82) is 0 Å². The minimum absolute atomic E-state index is 0.0377. The standard InChI is InChI=1S/C23H20F4O/c1-2-15-4-6-16(7-5-15)17-8-9-19(20(25)12-17)18-13-21(26)23(22(27)14-18)28-11-3-10-24/h4-9,12-14H,2-3,10-11H2,1H3. The highest BCUT2D eigenvalue weighted by molar-refractivity contribution is 5.71. The topological polar surface area (TPSA) is 9.23 Å². The van der Waals surface area contributed by atoms with Gasteiger partial charge >= 0.3 is 0 Å². The minimum atomic E-state index is -0.951. The molecule has 0 spiro atoms. The van der Waals surface area contributed by atoms with E-state index in [0.29, 0.717) is 5.56 Å². The molecule has 3 rings (SSSR count). The van der Waals surface area contributed by atoms with Gasteiger partial charge in [0, 0.05) is 12.0 Å². The Morgan fingerprint density at radius 3 is 1.93 bits per heavy atom. The Bertz CT molecular complexity index is 928. The van der Waals surface area contributed by atoms with Gasteiger partial charge in [-0.15, -0.1) is 0 Å². The Hall–Kier alpha value is -2.82. The van der Waals surface area contributed by atoms with Crippen molar-refractivity contribution in [3.63, 3.8) is 0 Å². The molecule has 0 saturated heterocycles. The van der Waals surface area contributed by atoms with Gasteiger partial charge in [-0.3, -0.25) is 4.39 Å². The largest absolute Gasteiger partial charge is 0.488 e. The average molecular weight is 388 g/mol. The number of ether oxygens (including phenoxy) is 1. The van der Waals surface area contributed by atoms with Crippen molar-refractivity contribution < 1.29 is 22.3 Å². The average Bonchev–Trinajstić information content (AvgIpc) is 2.70. The van der Waals surface area contributed by atoms with Crippen molar-refractivity contribution >= 4 is 0 Å². The molecule has 0 saturated carbocycles. The number of halogens is 4. The van der Waals surface area contributed by atoms with Gasteiger partial charge in [0.05, 0.1) is 13.3 Å². The molecule has 5 heteroatoms. The van der Waals surface area contributed by atoms with Crippen LogP contribution in [0.4, 0.5) is 17.6 Å². The number of benzene rings is 3. The molecule has 0 radical (unpaired) electrons. The molecule has 0 heterocycles. The second-order valence-electron chi connectivity index (χ2n) is 6.41. The van der Waals surface area contributed by atoms with Crippen LogP contribution in [0.5, 0.6) is 5.75 Å². The summed E-state index contributed by atoms with van der Waals surface area (Å²) in [6, 6.07) is 14.4. The first-order valence-electron chi connectivity index (χ1n) is 9.10. The van der Waals surface area contributed by atoms with Crippen LogP contribution >= 0.6 is 0 Å². The van der Waals surface area contributed by atoms with Gasteiger partial charge in [0.25, 0.3) is 0 Å². The summed E-state index contributed by atoms with van der Waals surface area (Å²) in [6.45, 7) is 1.28. The lowest BCUT2D eigenvalue weighted by Crippen LogP contribution is -2.03. The Kier molecular flexibility index (Phi) is 6.34. The van der Waals surface area contributed by atoms with Crippen LogP contribution in [0.3, 0.4) is 0 Å². The molecule has 0 fully saturated rings. The van der Waals surface area contributed by atoms with Crippen molar-refractivity contribution in [3.05, 3.63) is 77.6 Å². The van der Waals surface area contributed by atoms with Crippen LogP contribution in [0.1, 0.15) is 18.9 Å². The Morgan fingerprint density at radius 1 is 0.750 bits per heavy atom. The molecule has 1 nitrogen and oxygen atoms in total. The molecule has 3 aromatic rings. The Morgan fingerprint density at radius 2 is 1.36 bits per heavy atom. The molecule has 0 amide bonds. The Labute approximate surface area is 161 Å². The van der Waals surface area contributed by atoms with Gasteiger partial charge in [0.15, 0.2) is 17.4 Å². The molecule has 0 aliphatic heterocycles. The van der Waals surface area contributed by atoms with Crippen molar-refractivity contribution in [2.24, 2.45) is 0 Å². The first-order valence-corrected chi connectivity index (χ1v) is 9.10. The molecule has 0 N–H and O–H groups in total. The highest BCUT2D eigenvalue weighted by Gasteiger charge is 2.16. The highest BCUT2D eigenvalue weighted by Crippen LogP contribution is 2.32. The molecule has 0 aliphatic carbocycles. The van der Waals surface area contributed by atoms with E-state index in [1.807, 2.05) is 24.3 Å². The van der Waals surface area contributed by atoms with Crippen molar-refractivity contribution in [2.75, 3.05) is 13.3 Å². The molecular formula is C23H20F4O. The Balaban J connectivity index is 1.89. The number of aryl methyl sites for hydroxylation is 1. The molecule has 0 aromatic heterocycles. The van der Waals surface area contributed by atoms with Gasteiger partial charge in [-0.05, 0) is 46.9 Å². The van der Waals surface area contributed by atoms with E-state index >= 15 is 0 Å². The van der Waals surface area contributed by atoms with E-state index in [9.17, 15) is 17.6 Å². The van der Waals surface area contributed by atoms with Gasteiger partial charge in [-0.1, -0.05) is 43.3 Å². The second-order valence-corrected chi connectivity index (χ2v) is 6.41. The fraction of sp³-hybridized carbons (Fsp3) is 0.217. The van der Waals surface area contributed by atoms with Gasteiger partial charge in [-0.2, -0.15) is 0 Å². The van der Waals surface area contributed by atoms with Crippen LogP contribution in [0.15, 0.2) is 54.6 Å². The van der Waals surface area contributed by atoms with Gasteiger partial charge in [-0.25, -0.2) is 13.2 Å². The monoisotopic (exact) mass is 388 g/mol. The predicted molar refractivity (Wildman–Crippen MR) is 103 cm³/mol. The second kappa shape index (κ2) is 8.91. The normalized spacial score (nSPS) is 10.9. The summed E-state index contributed by atoms with van der Waals surface area (Å²) in [4.78, 5) is 0. The predicted octanol–water partition coefficient (Wildman–Crippen LogP) is 6.74. The van der Waals surface area contributed by atoms with Crippen molar-refractivity contribution in [1.82, 2.24) is 0 Å². The van der Waals surface area contributed by atoms with E-state index in [-0.39, 0.29) is 24.2 Å². The first kappa shape index (κ1) is 19.9. The van der Waals surface area contributed by atoms with E-state index in [2.05, 4.69) is 6.92 Å². The van der Waals surface area contributed by atoms with E-state index in [1.54, 1.807) is 6.07 Å². The SMILES string of the molecule is CCc1ccc(-c2ccc(-c3cc(F)c(OCCCF)c(F)c3)c(F)c2)cc1. The number of hydrogen-bond donors (Lipinski definition) is 0. The fourth-order valence-corrected chi connectivity index (χ4v) is 2.94. The van der Waals surface area contributed by atoms with Gasteiger partial charge < -0.3 is 4.74 Å². The van der Waals surface area contributed by atoms with Crippen LogP contribution < -0.4 is 4.74 Å². The highest BCUT2D eigenvalue weighted by atomic mass is 19.1. The van der Waals surface area contributed by atoms with Crippen LogP contribution in [-0.4, -0.2) is 13.3 Å². The lowest BCUT2D eigenvalue weighted by atomic mass is 9.98. The van der Waals surface area contributed by atoms with E-state index in [4.69, 9.17) is 4.74 Å². The summed E-state index contributed by atoms with van der Waals surface area (Å²) >= 11 is 0. The summed E-state index contributed by atoms with van der Waals surface area (Å²) in [7, 11) is 0. The summed E-state index contributed by atoms with van der Waals surface area (Å²) < 4.78 is 60.1. The summed E-state index contributed by atoms with van der Waals surface area (Å²) in [5, 5.41) is 0. The molecule has 28 heavy (non-hydrogen) atoms. The molecule has 0 bridgehead atoms. The molecule has 0 atom stereocenters. The van der Waals surface area contributed by atoms with E-state index < -0.39 is 29.9 Å². The van der Waals surface area contributed by atoms with Gasteiger partial charge in [0.2, 0.25) is 0 Å². The number of hydrogen-bond acceptors (Lipinski definition) is 1. The number of rotatable bonds is 7. The summed E-state index contributed by atoms with van der Waals surface area (Å²) in [5.74, 6) is -3.06. The van der Waals surface area contributed by atoms with Crippen molar-refractivity contribution in [2.45, 2.75) is 19.8 Å². The van der Waals surface area contributed by atoms with Crippen LogP contribution in [-0.2, 0) is 6.42 Å². The molecule has 3 aromatic carbocycles. The van der Waals surface area contributed by atoms with Crippen LogP contribution in [0, 0.1) is 17.5 Å². The summed E-state index contributed by atoms with van der Waals surface area (Å²) in [5.41, 5.74) is 2.87. The third-order valence-corrected chi connectivity index (χ3v) is 4.50. The first-order chi connectivity index (χ1) is 13.5. The maximum atomic E-state index is 14.7. The minimum Gasteiger partial charge on any atom is -0.488 e. The zero-order valence-corrected chi connectivity index (χ0v) is 15.4. The zero-order chi connectivity index (χ0) is 20.1. The fourth-order valence-electron chi connectivity index (χ4n) is 2.94. The quantitative estimate of drug-likeness (QED) is 0.322. The maximum absolute atomic E-state index is 14.7. The third-order valence-electron chi connectivity index (χ3n) is 4.50. The van der Waals surface area contributed by atoms with Gasteiger partial charge in [0.1, 0.15) is 5.82 Å². The van der Waals surface area contributed by atoms with Crippen molar-refractivity contribution in [3.8, 4) is 28.0 Å².